The maximum absolute atomic E-state index is 9.86. The first-order chi connectivity index (χ1) is 9.11. The summed E-state index contributed by atoms with van der Waals surface area (Å²) < 4.78 is 10.3. The van der Waals surface area contributed by atoms with Crippen LogP contribution in [0.5, 0.6) is 0 Å². The van der Waals surface area contributed by atoms with Crippen LogP contribution in [0.2, 0.25) is 0 Å². The van der Waals surface area contributed by atoms with E-state index in [0.29, 0.717) is 12.5 Å². The Labute approximate surface area is 117 Å². The Morgan fingerprint density at radius 2 is 1.68 bits per heavy atom. The second-order valence-electron chi connectivity index (χ2n) is 4.67. The van der Waals surface area contributed by atoms with E-state index < -0.39 is 37.3 Å². The number of halogens is 1. The molecular weight excluding hydrogens is 276 g/mol. The number of hydrogen-bond donors (Lipinski definition) is 4. The number of rotatable bonds is 8. The lowest BCUT2D eigenvalue weighted by Crippen LogP contribution is -2.59. The zero-order valence-electron chi connectivity index (χ0n) is 10.8. The van der Waals surface area contributed by atoms with E-state index in [9.17, 15) is 15.3 Å². The molecule has 19 heavy (non-hydrogen) atoms. The summed E-state index contributed by atoms with van der Waals surface area (Å²) in [6.45, 7) is -0.0769. The molecule has 0 unspecified atom stereocenters. The van der Waals surface area contributed by atoms with Gasteiger partial charge in [0.05, 0.1) is 6.61 Å². The number of alkyl halides is 1. The Hall–Kier alpha value is 0.0500. The van der Waals surface area contributed by atoms with Crippen LogP contribution in [-0.2, 0) is 9.47 Å². The highest BCUT2D eigenvalue weighted by atomic mass is 35.5. The maximum Gasteiger partial charge on any atom is 0.184 e. The lowest BCUT2D eigenvalue weighted by Gasteiger charge is -2.39. The highest BCUT2D eigenvalue weighted by Gasteiger charge is 2.44. The van der Waals surface area contributed by atoms with Crippen molar-refractivity contribution in [2.45, 2.75) is 56.4 Å². The van der Waals surface area contributed by atoms with Crippen molar-refractivity contribution in [2.75, 3.05) is 19.1 Å². The molecule has 1 aliphatic heterocycles. The molecular formula is C12H23ClO6. The lowest BCUT2D eigenvalue weighted by molar-refractivity contribution is -0.294. The van der Waals surface area contributed by atoms with Crippen LogP contribution in [0.15, 0.2) is 0 Å². The van der Waals surface area contributed by atoms with Crippen LogP contribution in [0.1, 0.15) is 25.7 Å². The minimum absolute atomic E-state index is 0.367. The Bertz CT molecular complexity index is 242. The quantitative estimate of drug-likeness (QED) is 0.359. The molecule has 0 bridgehead atoms. The minimum atomic E-state index is -1.46. The SMILES string of the molecule is OC[C@H]1O[C@@H](O)[C@H](O)[C@@H](OCCCCCCCl)[C@@H]1O. The van der Waals surface area contributed by atoms with Crippen molar-refractivity contribution in [1.82, 2.24) is 0 Å². The van der Waals surface area contributed by atoms with Crippen LogP contribution in [0.3, 0.4) is 0 Å². The molecule has 1 saturated heterocycles. The Balaban J connectivity index is 2.32. The third-order valence-electron chi connectivity index (χ3n) is 3.18. The number of unbranched alkanes of at least 4 members (excludes halogenated alkanes) is 3. The molecule has 0 radical (unpaired) electrons. The second-order valence-corrected chi connectivity index (χ2v) is 5.05. The van der Waals surface area contributed by atoms with E-state index in [4.69, 9.17) is 26.2 Å². The zero-order chi connectivity index (χ0) is 14.3. The topological polar surface area (TPSA) is 99.4 Å². The van der Waals surface area contributed by atoms with Crippen molar-refractivity contribution < 1.29 is 29.9 Å². The third kappa shape index (κ3) is 5.15. The fourth-order valence-corrected chi connectivity index (χ4v) is 2.22. The number of ether oxygens (including phenoxy) is 2. The summed E-state index contributed by atoms with van der Waals surface area (Å²) in [6.07, 6.45) is -2.13. The van der Waals surface area contributed by atoms with E-state index in [-0.39, 0.29) is 0 Å². The van der Waals surface area contributed by atoms with Gasteiger partial charge in [-0.2, -0.15) is 0 Å². The van der Waals surface area contributed by atoms with E-state index in [0.717, 1.165) is 25.7 Å². The van der Waals surface area contributed by atoms with Crippen molar-refractivity contribution in [1.29, 1.82) is 0 Å². The van der Waals surface area contributed by atoms with Gasteiger partial charge in [0.25, 0.3) is 0 Å². The molecule has 1 heterocycles. The van der Waals surface area contributed by atoms with Crippen LogP contribution in [0.4, 0.5) is 0 Å². The Morgan fingerprint density at radius 3 is 2.32 bits per heavy atom. The van der Waals surface area contributed by atoms with E-state index in [1.807, 2.05) is 0 Å². The fraction of sp³-hybridized carbons (Fsp3) is 1.00. The van der Waals surface area contributed by atoms with Gasteiger partial charge in [0.15, 0.2) is 6.29 Å². The van der Waals surface area contributed by atoms with E-state index in [1.54, 1.807) is 0 Å². The molecule has 1 rings (SSSR count). The maximum atomic E-state index is 9.86. The van der Waals surface area contributed by atoms with Gasteiger partial charge in [-0.15, -0.1) is 11.6 Å². The van der Waals surface area contributed by atoms with Gasteiger partial charge in [0.2, 0.25) is 0 Å². The van der Waals surface area contributed by atoms with Gasteiger partial charge in [-0.05, 0) is 12.8 Å². The molecule has 1 fully saturated rings. The van der Waals surface area contributed by atoms with E-state index >= 15 is 0 Å². The standard InChI is InChI=1S/C12H23ClO6/c13-5-3-1-2-4-6-18-11-9(15)8(7-14)19-12(17)10(11)16/h8-12,14-17H,1-7H2/t8-,9-,10-,11+,12-/m1/s1. The molecule has 1 aliphatic rings. The average molecular weight is 299 g/mol. The normalized spacial score (nSPS) is 35.5. The molecule has 0 saturated carbocycles. The first-order valence-electron chi connectivity index (χ1n) is 6.60. The predicted molar refractivity (Wildman–Crippen MR) is 68.9 cm³/mol. The van der Waals surface area contributed by atoms with Crippen LogP contribution in [0.25, 0.3) is 0 Å². The first kappa shape index (κ1) is 17.1. The van der Waals surface area contributed by atoms with Crippen LogP contribution in [-0.4, -0.2) is 70.2 Å². The summed E-state index contributed by atoms with van der Waals surface area (Å²) in [6, 6.07) is 0. The number of hydrogen-bond acceptors (Lipinski definition) is 6. The molecule has 0 aliphatic carbocycles. The molecule has 114 valence electrons. The van der Waals surface area contributed by atoms with Crippen molar-refractivity contribution in [2.24, 2.45) is 0 Å². The molecule has 0 amide bonds. The predicted octanol–water partition coefficient (Wildman–Crippen LogP) is -0.398. The van der Waals surface area contributed by atoms with E-state index in [2.05, 4.69) is 0 Å². The summed E-state index contributed by atoms with van der Waals surface area (Å²) in [5.41, 5.74) is 0. The third-order valence-corrected chi connectivity index (χ3v) is 3.45. The molecule has 5 atom stereocenters. The van der Waals surface area contributed by atoms with Crippen LogP contribution in [0, 0.1) is 0 Å². The average Bonchev–Trinajstić information content (AvgIpc) is 2.41. The largest absolute Gasteiger partial charge is 0.394 e. The van der Waals surface area contributed by atoms with Gasteiger partial charge in [-0.1, -0.05) is 12.8 Å². The molecule has 0 aromatic carbocycles. The molecule has 0 aromatic rings. The summed E-state index contributed by atoms with van der Waals surface area (Å²) >= 11 is 5.56. The number of aliphatic hydroxyl groups is 4. The highest BCUT2D eigenvalue weighted by Crippen LogP contribution is 2.22. The Kier molecular flexibility index (Phi) is 8.17. The lowest BCUT2D eigenvalue weighted by atomic mass is 9.99. The molecule has 6 nitrogen and oxygen atoms in total. The van der Waals surface area contributed by atoms with Crippen molar-refractivity contribution >= 4 is 11.6 Å². The molecule has 0 aromatic heterocycles. The van der Waals surface area contributed by atoms with Gasteiger partial charge in [-0.3, -0.25) is 0 Å². The summed E-state index contributed by atoms with van der Waals surface area (Å²) in [7, 11) is 0. The van der Waals surface area contributed by atoms with Crippen LogP contribution >= 0.6 is 11.6 Å². The monoisotopic (exact) mass is 298 g/mol. The van der Waals surface area contributed by atoms with Gasteiger partial charge >= 0.3 is 0 Å². The number of aliphatic hydroxyl groups excluding tert-OH is 4. The van der Waals surface area contributed by atoms with Gasteiger partial charge in [0.1, 0.15) is 24.4 Å². The van der Waals surface area contributed by atoms with E-state index in [1.165, 1.54) is 0 Å². The van der Waals surface area contributed by atoms with Gasteiger partial charge in [0, 0.05) is 12.5 Å². The zero-order valence-corrected chi connectivity index (χ0v) is 11.6. The van der Waals surface area contributed by atoms with Crippen molar-refractivity contribution in [3.8, 4) is 0 Å². The highest BCUT2D eigenvalue weighted by molar-refractivity contribution is 6.17. The fourth-order valence-electron chi connectivity index (χ4n) is 2.03. The van der Waals surface area contributed by atoms with Crippen molar-refractivity contribution in [3.63, 3.8) is 0 Å². The minimum Gasteiger partial charge on any atom is -0.394 e. The van der Waals surface area contributed by atoms with Gasteiger partial charge in [-0.25, -0.2) is 0 Å². The molecule has 4 N–H and O–H groups in total. The summed E-state index contributed by atoms with van der Waals surface area (Å²) in [5.74, 6) is 0.641. The smallest absolute Gasteiger partial charge is 0.184 e. The summed E-state index contributed by atoms with van der Waals surface area (Å²) in [4.78, 5) is 0. The Morgan fingerprint density at radius 1 is 1.00 bits per heavy atom. The molecule has 0 spiro atoms. The van der Waals surface area contributed by atoms with Crippen molar-refractivity contribution in [3.05, 3.63) is 0 Å². The molecule has 7 heteroatoms. The van der Waals surface area contributed by atoms with Crippen LogP contribution < -0.4 is 0 Å². The second kappa shape index (κ2) is 9.07. The first-order valence-corrected chi connectivity index (χ1v) is 7.13. The van der Waals surface area contributed by atoms with Gasteiger partial charge < -0.3 is 29.9 Å². The summed E-state index contributed by atoms with van der Waals surface area (Å²) in [5, 5.41) is 38.0.